The van der Waals surface area contributed by atoms with Crippen molar-refractivity contribution in [2.45, 2.75) is 6.92 Å². The number of anilines is 1. The Bertz CT molecular complexity index is 583. The van der Waals surface area contributed by atoms with Crippen LogP contribution in [0.4, 0.5) is 10.1 Å². The summed E-state index contributed by atoms with van der Waals surface area (Å²) in [7, 11) is 0. The van der Waals surface area contributed by atoms with Gasteiger partial charge in [0.05, 0.1) is 0 Å². The second kappa shape index (κ2) is 6.14. The van der Waals surface area contributed by atoms with Crippen LogP contribution in [0.3, 0.4) is 0 Å². The van der Waals surface area contributed by atoms with E-state index in [2.05, 4.69) is 22.6 Å². The first-order valence-electron chi connectivity index (χ1n) is 5.95. The highest BCUT2D eigenvalue weighted by Gasteiger charge is 2.16. The van der Waals surface area contributed by atoms with Gasteiger partial charge in [-0.25, -0.2) is 4.39 Å². The molecule has 0 bridgehead atoms. The Morgan fingerprint density at radius 3 is 2.47 bits per heavy atom. The molecule has 19 heavy (non-hydrogen) atoms. The Kier molecular flexibility index (Phi) is 4.52. The lowest BCUT2D eigenvalue weighted by Gasteiger charge is -2.21. The second-order valence-corrected chi connectivity index (χ2v) is 5.28. The van der Waals surface area contributed by atoms with Crippen molar-refractivity contribution < 1.29 is 9.18 Å². The minimum absolute atomic E-state index is 0.0763. The summed E-state index contributed by atoms with van der Waals surface area (Å²) < 4.78 is 13.9. The van der Waals surface area contributed by atoms with Crippen molar-refractivity contribution in [1.29, 1.82) is 0 Å². The largest absolute Gasteiger partial charge is 0.309 e. The van der Waals surface area contributed by atoms with Crippen LogP contribution in [-0.4, -0.2) is 12.5 Å². The van der Waals surface area contributed by atoms with E-state index in [0.717, 1.165) is 3.57 Å². The average Bonchev–Trinajstić information content (AvgIpc) is 2.41. The van der Waals surface area contributed by atoms with Crippen molar-refractivity contribution in [3.05, 3.63) is 63.5 Å². The molecule has 2 aromatic carbocycles. The van der Waals surface area contributed by atoms with Gasteiger partial charge in [-0.3, -0.25) is 4.79 Å². The minimum atomic E-state index is -0.304. The molecular weight excluding hydrogens is 356 g/mol. The molecule has 0 saturated heterocycles. The summed E-state index contributed by atoms with van der Waals surface area (Å²) >= 11 is 2.17. The van der Waals surface area contributed by atoms with Crippen LogP contribution in [-0.2, 0) is 0 Å². The standard InChI is InChI=1S/C15H13FINO/c1-2-18(14-8-6-12(16)7-9-14)15(19)11-4-3-5-13(17)10-11/h3-10H,2H2,1H3. The van der Waals surface area contributed by atoms with Gasteiger partial charge in [0.25, 0.3) is 5.91 Å². The summed E-state index contributed by atoms with van der Waals surface area (Å²) in [6.45, 7) is 2.44. The molecule has 0 unspecified atom stereocenters. The molecule has 0 N–H and O–H groups in total. The van der Waals surface area contributed by atoms with E-state index in [1.165, 1.54) is 12.1 Å². The smallest absolute Gasteiger partial charge is 0.258 e. The predicted molar refractivity (Wildman–Crippen MR) is 82.9 cm³/mol. The molecule has 2 nitrogen and oxygen atoms in total. The molecule has 0 spiro atoms. The lowest BCUT2D eigenvalue weighted by atomic mass is 10.2. The molecule has 0 aliphatic carbocycles. The maximum Gasteiger partial charge on any atom is 0.258 e. The topological polar surface area (TPSA) is 20.3 Å². The quantitative estimate of drug-likeness (QED) is 0.747. The SMILES string of the molecule is CCN(C(=O)c1cccc(I)c1)c1ccc(F)cc1. The van der Waals surface area contributed by atoms with E-state index in [0.29, 0.717) is 17.8 Å². The fourth-order valence-electron chi connectivity index (χ4n) is 1.84. The Labute approximate surface area is 125 Å². The predicted octanol–water partition coefficient (Wildman–Crippen LogP) is 4.10. The van der Waals surface area contributed by atoms with Crippen LogP contribution in [0.2, 0.25) is 0 Å². The van der Waals surface area contributed by atoms with Gasteiger partial charge in [0.15, 0.2) is 0 Å². The van der Waals surface area contributed by atoms with Crippen LogP contribution in [0, 0.1) is 9.39 Å². The zero-order valence-corrected chi connectivity index (χ0v) is 12.6. The fraction of sp³-hybridized carbons (Fsp3) is 0.133. The number of hydrogen-bond acceptors (Lipinski definition) is 1. The maximum atomic E-state index is 12.9. The number of halogens is 2. The lowest BCUT2D eigenvalue weighted by molar-refractivity contribution is 0.0988. The molecule has 4 heteroatoms. The van der Waals surface area contributed by atoms with Gasteiger partial charge >= 0.3 is 0 Å². The van der Waals surface area contributed by atoms with Crippen molar-refractivity contribution in [2.75, 3.05) is 11.4 Å². The maximum absolute atomic E-state index is 12.9. The molecule has 0 aliphatic rings. The normalized spacial score (nSPS) is 10.3. The van der Waals surface area contributed by atoms with E-state index >= 15 is 0 Å². The zero-order chi connectivity index (χ0) is 13.8. The van der Waals surface area contributed by atoms with Crippen molar-refractivity contribution in [3.8, 4) is 0 Å². The van der Waals surface area contributed by atoms with E-state index in [4.69, 9.17) is 0 Å². The van der Waals surface area contributed by atoms with Gasteiger partial charge in [-0.15, -0.1) is 0 Å². The van der Waals surface area contributed by atoms with Crippen molar-refractivity contribution >= 4 is 34.2 Å². The molecule has 2 aromatic rings. The molecule has 0 aromatic heterocycles. The highest BCUT2D eigenvalue weighted by molar-refractivity contribution is 14.1. The molecular formula is C15H13FINO. The van der Waals surface area contributed by atoms with Crippen LogP contribution in [0.5, 0.6) is 0 Å². The van der Waals surface area contributed by atoms with Crippen LogP contribution >= 0.6 is 22.6 Å². The van der Waals surface area contributed by atoms with E-state index in [1.807, 2.05) is 25.1 Å². The monoisotopic (exact) mass is 369 g/mol. The summed E-state index contributed by atoms with van der Waals surface area (Å²) in [5, 5.41) is 0. The Morgan fingerprint density at radius 1 is 1.21 bits per heavy atom. The Morgan fingerprint density at radius 2 is 1.89 bits per heavy atom. The van der Waals surface area contributed by atoms with Gasteiger partial charge in [0.2, 0.25) is 0 Å². The minimum Gasteiger partial charge on any atom is -0.309 e. The molecule has 0 heterocycles. The van der Waals surface area contributed by atoms with Crippen molar-refractivity contribution in [3.63, 3.8) is 0 Å². The van der Waals surface area contributed by atoms with Gasteiger partial charge in [0.1, 0.15) is 5.82 Å². The van der Waals surface area contributed by atoms with Crippen LogP contribution in [0.25, 0.3) is 0 Å². The number of nitrogens with zero attached hydrogens (tertiary/aromatic N) is 1. The van der Waals surface area contributed by atoms with Gasteiger partial charge in [-0.1, -0.05) is 6.07 Å². The highest BCUT2D eigenvalue weighted by Crippen LogP contribution is 2.18. The highest BCUT2D eigenvalue weighted by atomic mass is 127. The third-order valence-corrected chi connectivity index (χ3v) is 3.44. The van der Waals surface area contributed by atoms with E-state index in [9.17, 15) is 9.18 Å². The third-order valence-electron chi connectivity index (χ3n) is 2.77. The number of carbonyl (C=O) groups excluding carboxylic acids is 1. The number of benzene rings is 2. The van der Waals surface area contributed by atoms with E-state index < -0.39 is 0 Å². The first kappa shape index (κ1) is 14.0. The summed E-state index contributed by atoms with van der Waals surface area (Å²) in [5.41, 5.74) is 1.34. The van der Waals surface area contributed by atoms with Gasteiger partial charge < -0.3 is 4.90 Å². The molecule has 1 amide bonds. The molecule has 0 fully saturated rings. The number of amides is 1. The summed E-state index contributed by atoms with van der Waals surface area (Å²) in [5.74, 6) is -0.380. The fourth-order valence-corrected chi connectivity index (χ4v) is 2.38. The molecule has 0 saturated carbocycles. The first-order valence-corrected chi connectivity index (χ1v) is 7.02. The summed E-state index contributed by atoms with van der Waals surface area (Å²) in [4.78, 5) is 14.1. The Hall–Kier alpha value is -1.43. The van der Waals surface area contributed by atoms with Gasteiger partial charge in [-0.2, -0.15) is 0 Å². The van der Waals surface area contributed by atoms with Crippen molar-refractivity contribution in [1.82, 2.24) is 0 Å². The van der Waals surface area contributed by atoms with Gasteiger partial charge in [-0.05, 0) is 72.0 Å². The van der Waals surface area contributed by atoms with Gasteiger partial charge in [0, 0.05) is 21.4 Å². The molecule has 0 aliphatic heterocycles. The zero-order valence-electron chi connectivity index (χ0n) is 10.4. The number of rotatable bonds is 3. The Balaban J connectivity index is 2.31. The summed E-state index contributed by atoms with van der Waals surface area (Å²) in [6, 6.07) is 13.4. The van der Waals surface area contributed by atoms with Crippen LogP contribution in [0.1, 0.15) is 17.3 Å². The number of hydrogen-bond donors (Lipinski definition) is 0. The van der Waals surface area contributed by atoms with E-state index in [-0.39, 0.29) is 11.7 Å². The molecule has 0 atom stereocenters. The lowest BCUT2D eigenvalue weighted by Crippen LogP contribution is -2.30. The molecule has 0 radical (unpaired) electrons. The molecule has 98 valence electrons. The summed E-state index contributed by atoms with van der Waals surface area (Å²) in [6.07, 6.45) is 0. The van der Waals surface area contributed by atoms with E-state index in [1.54, 1.807) is 23.1 Å². The van der Waals surface area contributed by atoms with Crippen LogP contribution in [0.15, 0.2) is 48.5 Å². The average molecular weight is 369 g/mol. The first-order chi connectivity index (χ1) is 9.11. The second-order valence-electron chi connectivity index (χ2n) is 4.04. The van der Waals surface area contributed by atoms with Crippen LogP contribution < -0.4 is 4.90 Å². The molecule has 2 rings (SSSR count). The number of carbonyl (C=O) groups is 1. The third kappa shape index (κ3) is 3.32. The van der Waals surface area contributed by atoms with Crippen molar-refractivity contribution in [2.24, 2.45) is 0 Å².